The van der Waals surface area contributed by atoms with Crippen molar-refractivity contribution in [3.63, 3.8) is 0 Å². The maximum atomic E-state index is 12.8. The van der Waals surface area contributed by atoms with E-state index in [0.717, 1.165) is 24.1 Å². The quantitative estimate of drug-likeness (QED) is 0.909. The molecule has 0 amide bonds. The van der Waals surface area contributed by atoms with E-state index >= 15 is 0 Å². The number of rotatable bonds is 5. The van der Waals surface area contributed by atoms with Crippen LogP contribution in [0.1, 0.15) is 38.3 Å². The van der Waals surface area contributed by atoms with Crippen LogP contribution in [0, 0.1) is 12.8 Å². The van der Waals surface area contributed by atoms with Gasteiger partial charge in [0, 0.05) is 19.1 Å². The van der Waals surface area contributed by atoms with Crippen molar-refractivity contribution >= 4 is 10.0 Å². The summed E-state index contributed by atoms with van der Waals surface area (Å²) in [6.45, 7) is 10.4. The number of aryl methyl sites for hydroxylation is 1. The van der Waals surface area contributed by atoms with E-state index in [1.54, 1.807) is 10.4 Å². The summed E-state index contributed by atoms with van der Waals surface area (Å²) in [6.07, 6.45) is 0.940. The smallest absolute Gasteiger partial charge is 0.243 e. The summed E-state index contributed by atoms with van der Waals surface area (Å²) in [5, 5.41) is 3.26. The first-order chi connectivity index (χ1) is 9.86. The van der Waals surface area contributed by atoms with Crippen LogP contribution in [0.3, 0.4) is 0 Å². The second kappa shape index (κ2) is 6.46. The van der Waals surface area contributed by atoms with Gasteiger partial charge in [0.1, 0.15) is 0 Å². The Kier molecular flexibility index (Phi) is 5.07. The molecule has 2 atom stereocenters. The fourth-order valence-corrected chi connectivity index (χ4v) is 4.80. The van der Waals surface area contributed by atoms with Gasteiger partial charge in [-0.3, -0.25) is 0 Å². The number of hydrogen-bond acceptors (Lipinski definition) is 3. The summed E-state index contributed by atoms with van der Waals surface area (Å²) in [7, 11) is -3.38. The van der Waals surface area contributed by atoms with Gasteiger partial charge in [0.25, 0.3) is 0 Å². The van der Waals surface area contributed by atoms with Gasteiger partial charge in [-0.05, 0) is 56.0 Å². The molecule has 1 saturated heterocycles. The van der Waals surface area contributed by atoms with Gasteiger partial charge in [0.2, 0.25) is 10.0 Å². The third-order valence-electron chi connectivity index (χ3n) is 4.22. The molecule has 1 aromatic carbocycles. The Morgan fingerprint density at radius 2 is 2.05 bits per heavy atom. The van der Waals surface area contributed by atoms with Gasteiger partial charge in [-0.2, -0.15) is 4.31 Å². The second-order valence-corrected chi connectivity index (χ2v) is 8.02. The van der Waals surface area contributed by atoms with E-state index in [2.05, 4.69) is 12.2 Å². The largest absolute Gasteiger partial charge is 0.313 e. The number of nitrogens with one attached hydrogen (secondary N) is 1. The third kappa shape index (κ3) is 3.47. The van der Waals surface area contributed by atoms with Crippen molar-refractivity contribution in [2.24, 2.45) is 5.92 Å². The zero-order valence-electron chi connectivity index (χ0n) is 13.4. The molecular formula is C16H26N2O2S. The lowest BCUT2D eigenvalue weighted by Crippen LogP contribution is -2.34. The molecule has 1 aliphatic rings. The maximum absolute atomic E-state index is 12.8. The number of benzene rings is 1. The van der Waals surface area contributed by atoms with E-state index in [9.17, 15) is 8.42 Å². The highest BCUT2D eigenvalue weighted by Crippen LogP contribution is 2.29. The highest BCUT2D eigenvalue weighted by atomic mass is 32.2. The van der Waals surface area contributed by atoms with Crippen molar-refractivity contribution in [1.29, 1.82) is 0 Å². The van der Waals surface area contributed by atoms with Crippen molar-refractivity contribution in [3.05, 3.63) is 29.3 Å². The molecule has 0 radical (unpaired) electrons. The molecule has 1 N–H and O–H groups in total. The zero-order chi connectivity index (χ0) is 15.6. The van der Waals surface area contributed by atoms with Gasteiger partial charge in [-0.1, -0.05) is 19.9 Å². The van der Waals surface area contributed by atoms with Crippen LogP contribution in [-0.2, 0) is 16.6 Å². The average Bonchev–Trinajstić information content (AvgIpc) is 2.77. The molecular weight excluding hydrogens is 284 g/mol. The Balaban J connectivity index is 2.32. The van der Waals surface area contributed by atoms with Crippen LogP contribution in [0.2, 0.25) is 0 Å². The summed E-state index contributed by atoms with van der Waals surface area (Å²) in [6, 6.07) is 5.55. The second-order valence-electron chi connectivity index (χ2n) is 6.13. The van der Waals surface area contributed by atoms with Crippen LogP contribution in [0.5, 0.6) is 0 Å². The summed E-state index contributed by atoms with van der Waals surface area (Å²) in [5.41, 5.74) is 2.18. The lowest BCUT2D eigenvalue weighted by Gasteiger charge is -2.21. The summed E-state index contributed by atoms with van der Waals surface area (Å²) >= 11 is 0. The van der Waals surface area contributed by atoms with Crippen molar-refractivity contribution in [3.8, 4) is 0 Å². The minimum absolute atomic E-state index is 0.0866. The van der Waals surface area contributed by atoms with Gasteiger partial charge < -0.3 is 5.32 Å². The third-order valence-corrected chi connectivity index (χ3v) is 6.20. The monoisotopic (exact) mass is 310 g/mol. The van der Waals surface area contributed by atoms with Crippen LogP contribution >= 0.6 is 0 Å². The average molecular weight is 310 g/mol. The van der Waals surface area contributed by atoms with E-state index in [4.69, 9.17) is 0 Å². The van der Waals surface area contributed by atoms with Gasteiger partial charge >= 0.3 is 0 Å². The molecule has 0 bridgehead atoms. The van der Waals surface area contributed by atoms with Crippen molar-refractivity contribution in [2.45, 2.75) is 51.6 Å². The molecule has 1 fully saturated rings. The van der Waals surface area contributed by atoms with Crippen LogP contribution in [0.4, 0.5) is 0 Å². The number of sulfonamides is 1. The zero-order valence-corrected chi connectivity index (χ0v) is 14.2. The Hall–Kier alpha value is -0.910. The molecule has 1 heterocycles. The first kappa shape index (κ1) is 16.5. The van der Waals surface area contributed by atoms with E-state index < -0.39 is 10.0 Å². The molecule has 5 heteroatoms. The van der Waals surface area contributed by atoms with Crippen LogP contribution < -0.4 is 5.32 Å². The fraction of sp³-hybridized carbons (Fsp3) is 0.625. The Labute approximate surface area is 128 Å². The molecule has 0 aliphatic carbocycles. The highest BCUT2D eigenvalue weighted by Gasteiger charge is 2.36. The SMILES string of the molecule is CCNCc1cc(S(=O)(=O)N2CC(C)CC2C)ccc1C. The van der Waals surface area contributed by atoms with Crippen molar-refractivity contribution in [1.82, 2.24) is 9.62 Å². The fourth-order valence-electron chi connectivity index (χ4n) is 2.99. The number of nitrogens with zero attached hydrogens (tertiary/aromatic N) is 1. The summed E-state index contributed by atoms with van der Waals surface area (Å²) in [5.74, 6) is 0.432. The van der Waals surface area contributed by atoms with Crippen LogP contribution in [0.25, 0.3) is 0 Å². The Bertz CT molecular complexity index is 598. The molecule has 0 aromatic heterocycles. The Morgan fingerprint density at radius 3 is 2.62 bits per heavy atom. The highest BCUT2D eigenvalue weighted by molar-refractivity contribution is 7.89. The van der Waals surface area contributed by atoms with Crippen molar-refractivity contribution in [2.75, 3.05) is 13.1 Å². The van der Waals surface area contributed by atoms with Gasteiger partial charge in [-0.25, -0.2) is 8.42 Å². The predicted molar refractivity (Wildman–Crippen MR) is 85.7 cm³/mol. The topological polar surface area (TPSA) is 49.4 Å². The standard InChI is InChI=1S/C16H26N2O2S/c1-5-17-10-15-9-16(7-6-13(15)3)21(19,20)18-11-12(2)8-14(18)4/h6-7,9,12,14,17H,5,8,10-11H2,1-4H3. The molecule has 118 valence electrons. The van der Waals surface area contributed by atoms with Crippen LogP contribution in [0.15, 0.2) is 23.1 Å². The van der Waals surface area contributed by atoms with Gasteiger partial charge in [-0.15, -0.1) is 0 Å². The molecule has 21 heavy (non-hydrogen) atoms. The molecule has 1 aromatic rings. The summed E-state index contributed by atoms with van der Waals surface area (Å²) in [4.78, 5) is 0.418. The summed E-state index contributed by atoms with van der Waals surface area (Å²) < 4.78 is 27.3. The Morgan fingerprint density at radius 1 is 1.33 bits per heavy atom. The lowest BCUT2D eigenvalue weighted by atomic mass is 10.1. The minimum atomic E-state index is -3.38. The lowest BCUT2D eigenvalue weighted by molar-refractivity contribution is 0.405. The normalized spacial score (nSPS) is 23.6. The van der Waals surface area contributed by atoms with Crippen molar-refractivity contribution < 1.29 is 8.42 Å². The molecule has 0 saturated carbocycles. The van der Waals surface area contributed by atoms with Gasteiger partial charge in [0.05, 0.1) is 4.90 Å². The molecule has 0 spiro atoms. The number of hydrogen-bond donors (Lipinski definition) is 1. The first-order valence-electron chi connectivity index (χ1n) is 7.68. The maximum Gasteiger partial charge on any atom is 0.243 e. The minimum Gasteiger partial charge on any atom is -0.313 e. The molecule has 1 aliphatic heterocycles. The van der Waals surface area contributed by atoms with Crippen LogP contribution in [-0.4, -0.2) is 31.9 Å². The molecule has 2 rings (SSSR count). The van der Waals surface area contributed by atoms with E-state index in [1.165, 1.54) is 0 Å². The van der Waals surface area contributed by atoms with Gasteiger partial charge in [0.15, 0.2) is 0 Å². The van der Waals surface area contributed by atoms with E-state index in [1.807, 2.05) is 32.9 Å². The first-order valence-corrected chi connectivity index (χ1v) is 9.12. The van der Waals surface area contributed by atoms with E-state index in [-0.39, 0.29) is 6.04 Å². The molecule has 4 nitrogen and oxygen atoms in total. The predicted octanol–water partition coefficient (Wildman–Crippen LogP) is 2.52. The van der Waals surface area contributed by atoms with E-state index in [0.29, 0.717) is 23.9 Å². The molecule has 2 unspecified atom stereocenters.